The van der Waals surface area contributed by atoms with Crippen molar-refractivity contribution < 1.29 is 4.79 Å². The molecule has 0 radical (unpaired) electrons. The third-order valence-electron chi connectivity index (χ3n) is 2.75. The van der Waals surface area contributed by atoms with Crippen molar-refractivity contribution in [1.82, 2.24) is 5.32 Å². The van der Waals surface area contributed by atoms with Gasteiger partial charge in [0.1, 0.15) is 5.79 Å². The van der Waals surface area contributed by atoms with Crippen molar-refractivity contribution in [3.63, 3.8) is 0 Å². The normalized spacial score (nSPS) is 11.7. The van der Waals surface area contributed by atoms with E-state index in [1.165, 1.54) is 6.42 Å². The van der Waals surface area contributed by atoms with Gasteiger partial charge in [-0.3, -0.25) is 10.1 Å². The molecule has 0 heterocycles. The van der Waals surface area contributed by atoms with Gasteiger partial charge in [0.25, 0.3) is 0 Å². The van der Waals surface area contributed by atoms with E-state index in [-0.39, 0.29) is 5.91 Å². The third kappa shape index (κ3) is 11.6. The van der Waals surface area contributed by atoms with Crippen LogP contribution in [0.3, 0.4) is 0 Å². The van der Waals surface area contributed by atoms with Gasteiger partial charge in [-0.1, -0.05) is 26.2 Å². The van der Waals surface area contributed by atoms with E-state index in [4.69, 9.17) is 17.2 Å². The van der Waals surface area contributed by atoms with Crippen LogP contribution in [0.2, 0.25) is 0 Å². The average Bonchev–Trinajstić information content (AvgIpc) is 2.23. The Morgan fingerprint density at radius 1 is 1.12 bits per heavy atom. The molecule has 5 heteroatoms. The summed E-state index contributed by atoms with van der Waals surface area (Å²) in [5.41, 5.74) is 16.9. The predicted octanol–water partition coefficient (Wildman–Crippen LogP) is 0.773. The highest BCUT2D eigenvalue weighted by atomic mass is 16.1. The van der Waals surface area contributed by atoms with Gasteiger partial charge in [-0.15, -0.1) is 0 Å². The highest BCUT2D eigenvalue weighted by Gasteiger charge is 2.16. The number of nitrogens with two attached hydrogens (primary N) is 3. The monoisotopic (exact) mass is 244 g/mol. The fourth-order valence-electron chi connectivity index (χ4n) is 1.68. The summed E-state index contributed by atoms with van der Waals surface area (Å²) in [7, 11) is 0. The Bertz CT molecular complexity index is 207. The predicted molar refractivity (Wildman–Crippen MR) is 70.9 cm³/mol. The molecule has 0 aromatic heterocycles. The molecule has 0 saturated carbocycles. The molecule has 0 spiro atoms. The lowest BCUT2D eigenvalue weighted by molar-refractivity contribution is -0.118. The number of amides is 1. The van der Waals surface area contributed by atoms with Crippen LogP contribution in [-0.4, -0.2) is 18.2 Å². The molecule has 0 aliphatic rings. The SMILES string of the molecule is CCCCCC(N)(N)NCCCCCC(N)=O. The summed E-state index contributed by atoms with van der Waals surface area (Å²) in [6.07, 6.45) is 7.43. The number of unbranched alkanes of at least 4 members (excludes halogenated alkanes) is 4. The van der Waals surface area contributed by atoms with E-state index in [0.717, 1.165) is 45.1 Å². The molecule has 5 nitrogen and oxygen atoms in total. The van der Waals surface area contributed by atoms with Crippen LogP contribution in [0.25, 0.3) is 0 Å². The summed E-state index contributed by atoms with van der Waals surface area (Å²) in [4.78, 5) is 10.5. The Labute approximate surface area is 104 Å². The summed E-state index contributed by atoms with van der Waals surface area (Å²) in [5.74, 6) is -0.983. The van der Waals surface area contributed by atoms with Crippen LogP contribution in [0, 0.1) is 0 Å². The molecule has 0 fully saturated rings. The van der Waals surface area contributed by atoms with Gasteiger partial charge >= 0.3 is 0 Å². The molecule has 0 saturated heterocycles. The number of primary amides is 1. The summed E-state index contributed by atoms with van der Waals surface area (Å²) < 4.78 is 0. The molecule has 17 heavy (non-hydrogen) atoms. The second-order valence-corrected chi connectivity index (χ2v) is 4.70. The number of hydrogen-bond donors (Lipinski definition) is 4. The standard InChI is InChI=1S/C12H28N4O/c1-2-3-6-9-12(14,15)16-10-7-4-5-8-11(13)17/h16H,2-10,14-15H2,1H3,(H2,13,17). The minimum Gasteiger partial charge on any atom is -0.370 e. The molecule has 7 N–H and O–H groups in total. The van der Waals surface area contributed by atoms with Crippen LogP contribution in [-0.2, 0) is 4.79 Å². The Hall–Kier alpha value is -0.650. The maximum absolute atomic E-state index is 10.5. The molecule has 0 unspecified atom stereocenters. The smallest absolute Gasteiger partial charge is 0.217 e. The van der Waals surface area contributed by atoms with Crippen LogP contribution in [0.1, 0.15) is 58.3 Å². The van der Waals surface area contributed by atoms with Gasteiger partial charge in [-0.25, -0.2) is 0 Å². The molecule has 0 bridgehead atoms. The van der Waals surface area contributed by atoms with Crippen LogP contribution in [0.4, 0.5) is 0 Å². The van der Waals surface area contributed by atoms with Crippen molar-refractivity contribution in [1.29, 1.82) is 0 Å². The highest BCUT2D eigenvalue weighted by Crippen LogP contribution is 2.05. The molecule has 0 aromatic rings. The molecular formula is C12H28N4O. The van der Waals surface area contributed by atoms with E-state index >= 15 is 0 Å². The fraction of sp³-hybridized carbons (Fsp3) is 0.917. The van der Waals surface area contributed by atoms with Gasteiger partial charge in [0.05, 0.1) is 0 Å². The quantitative estimate of drug-likeness (QED) is 0.318. The number of carbonyl (C=O) groups is 1. The van der Waals surface area contributed by atoms with Gasteiger partial charge in [-0.2, -0.15) is 0 Å². The maximum atomic E-state index is 10.5. The Morgan fingerprint density at radius 2 is 1.82 bits per heavy atom. The minimum atomic E-state index is -0.751. The van der Waals surface area contributed by atoms with Gasteiger partial charge in [0, 0.05) is 6.42 Å². The molecule has 0 aromatic carbocycles. The lowest BCUT2D eigenvalue weighted by atomic mass is 10.1. The van der Waals surface area contributed by atoms with Crippen molar-refractivity contribution in [2.75, 3.05) is 6.54 Å². The van der Waals surface area contributed by atoms with E-state index in [2.05, 4.69) is 12.2 Å². The first-order chi connectivity index (χ1) is 7.98. The third-order valence-corrected chi connectivity index (χ3v) is 2.75. The lowest BCUT2D eigenvalue weighted by Gasteiger charge is -2.26. The molecule has 0 atom stereocenters. The number of carbonyl (C=O) groups excluding carboxylic acids is 1. The zero-order chi connectivity index (χ0) is 13.1. The van der Waals surface area contributed by atoms with Crippen LogP contribution in [0.5, 0.6) is 0 Å². The summed E-state index contributed by atoms with van der Waals surface area (Å²) in [5, 5.41) is 3.15. The lowest BCUT2D eigenvalue weighted by Crippen LogP contribution is -2.61. The van der Waals surface area contributed by atoms with Crippen LogP contribution < -0.4 is 22.5 Å². The number of nitrogens with one attached hydrogen (secondary N) is 1. The summed E-state index contributed by atoms with van der Waals surface area (Å²) >= 11 is 0. The van der Waals surface area contributed by atoms with Crippen molar-refractivity contribution in [3.8, 4) is 0 Å². The van der Waals surface area contributed by atoms with E-state index < -0.39 is 5.79 Å². The average molecular weight is 244 g/mol. The maximum Gasteiger partial charge on any atom is 0.217 e. The Kier molecular flexibility index (Phi) is 9.03. The molecule has 0 aliphatic carbocycles. The van der Waals surface area contributed by atoms with E-state index in [9.17, 15) is 4.79 Å². The van der Waals surface area contributed by atoms with Gasteiger partial charge in [0.2, 0.25) is 5.91 Å². The first-order valence-corrected chi connectivity index (χ1v) is 6.59. The van der Waals surface area contributed by atoms with Crippen molar-refractivity contribution in [2.45, 2.75) is 64.1 Å². The summed E-state index contributed by atoms with van der Waals surface area (Å²) in [6, 6.07) is 0. The van der Waals surface area contributed by atoms with Crippen LogP contribution in [0.15, 0.2) is 0 Å². The first kappa shape index (κ1) is 16.4. The Balaban J connectivity index is 3.41. The van der Waals surface area contributed by atoms with E-state index in [1.54, 1.807) is 0 Å². The second-order valence-electron chi connectivity index (χ2n) is 4.70. The fourth-order valence-corrected chi connectivity index (χ4v) is 1.68. The minimum absolute atomic E-state index is 0.232. The zero-order valence-electron chi connectivity index (χ0n) is 11.0. The molecule has 1 amide bonds. The van der Waals surface area contributed by atoms with Gasteiger partial charge in [0.15, 0.2) is 0 Å². The zero-order valence-corrected chi connectivity index (χ0v) is 11.0. The van der Waals surface area contributed by atoms with E-state index in [1.807, 2.05) is 0 Å². The molecular weight excluding hydrogens is 216 g/mol. The molecule has 0 aliphatic heterocycles. The molecule has 102 valence electrons. The molecule has 0 rings (SSSR count). The highest BCUT2D eigenvalue weighted by molar-refractivity contribution is 5.73. The van der Waals surface area contributed by atoms with Crippen molar-refractivity contribution in [2.24, 2.45) is 17.2 Å². The Morgan fingerprint density at radius 3 is 2.41 bits per heavy atom. The van der Waals surface area contributed by atoms with Gasteiger partial charge < -0.3 is 17.2 Å². The van der Waals surface area contributed by atoms with Crippen molar-refractivity contribution >= 4 is 5.91 Å². The number of hydrogen-bond acceptors (Lipinski definition) is 4. The topological polar surface area (TPSA) is 107 Å². The van der Waals surface area contributed by atoms with E-state index in [0.29, 0.717) is 6.42 Å². The first-order valence-electron chi connectivity index (χ1n) is 6.59. The second kappa shape index (κ2) is 9.39. The summed E-state index contributed by atoms with van der Waals surface area (Å²) in [6.45, 7) is 2.94. The number of rotatable bonds is 11. The van der Waals surface area contributed by atoms with Crippen LogP contribution >= 0.6 is 0 Å². The largest absolute Gasteiger partial charge is 0.370 e. The van der Waals surface area contributed by atoms with Crippen molar-refractivity contribution in [3.05, 3.63) is 0 Å². The van der Waals surface area contributed by atoms with Gasteiger partial charge in [-0.05, 0) is 32.2 Å².